The average molecular weight is 579 g/mol. The van der Waals surface area contributed by atoms with E-state index in [1.807, 2.05) is 36.1 Å². The molecule has 3 aromatic rings. The third-order valence-corrected chi connectivity index (χ3v) is 8.49. The van der Waals surface area contributed by atoms with Gasteiger partial charge >= 0.3 is 0 Å². The molecule has 2 fully saturated rings. The van der Waals surface area contributed by atoms with Crippen molar-refractivity contribution in [1.29, 1.82) is 0 Å². The molecule has 0 spiro atoms. The molecule has 1 aromatic carbocycles. The molecule has 2 aliphatic heterocycles. The summed E-state index contributed by atoms with van der Waals surface area (Å²) in [5.41, 5.74) is 4.01. The van der Waals surface area contributed by atoms with E-state index in [1.54, 1.807) is 12.3 Å². The first-order valence-corrected chi connectivity index (χ1v) is 15.6. The fraction of sp³-hybridized carbons (Fsp3) is 0.594. The zero-order valence-electron chi connectivity index (χ0n) is 25.7. The second-order valence-electron chi connectivity index (χ2n) is 12.0. The molecule has 0 aliphatic carbocycles. The van der Waals surface area contributed by atoms with Gasteiger partial charge in [0.15, 0.2) is 0 Å². The molecule has 1 unspecified atom stereocenters. The zero-order valence-corrected chi connectivity index (χ0v) is 25.7. The third-order valence-electron chi connectivity index (χ3n) is 8.49. The lowest BCUT2D eigenvalue weighted by molar-refractivity contribution is 0.0377. The summed E-state index contributed by atoms with van der Waals surface area (Å²) in [6.07, 6.45) is 10.1. The summed E-state index contributed by atoms with van der Waals surface area (Å²) >= 11 is 0. The average Bonchev–Trinajstić information content (AvgIpc) is 3.49. The van der Waals surface area contributed by atoms with Crippen molar-refractivity contribution >= 4 is 17.3 Å². The van der Waals surface area contributed by atoms with Gasteiger partial charge in [0.05, 0.1) is 30.8 Å². The van der Waals surface area contributed by atoms with Crippen molar-refractivity contribution in [2.75, 3.05) is 62.7 Å². The number of hydrogen-bond donors (Lipinski definition) is 2. The van der Waals surface area contributed by atoms with Crippen LogP contribution in [0.2, 0.25) is 0 Å². The van der Waals surface area contributed by atoms with Gasteiger partial charge in [0, 0.05) is 75.0 Å². The van der Waals surface area contributed by atoms with Crippen molar-refractivity contribution in [2.24, 2.45) is 5.92 Å². The molecule has 5 rings (SSSR count). The van der Waals surface area contributed by atoms with Crippen LogP contribution >= 0.6 is 0 Å². The lowest BCUT2D eigenvalue weighted by Crippen LogP contribution is -2.48. The second-order valence-corrected chi connectivity index (χ2v) is 12.0. The van der Waals surface area contributed by atoms with Crippen molar-refractivity contribution in [1.82, 2.24) is 30.0 Å². The summed E-state index contributed by atoms with van der Waals surface area (Å²) in [4.78, 5) is 13.9. The molecule has 4 heterocycles. The third kappa shape index (κ3) is 7.65. The predicted octanol–water partition coefficient (Wildman–Crippen LogP) is 5.42. The molecule has 0 amide bonds. The lowest BCUT2D eigenvalue weighted by Gasteiger charge is -2.39. The molecule has 2 saturated heterocycles. The molecule has 10 heteroatoms. The van der Waals surface area contributed by atoms with Crippen molar-refractivity contribution in [3.63, 3.8) is 0 Å². The first kappa shape index (κ1) is 30.4. The van der Waals surface area contributed by atoms with Gasteiger partial charge in [-0.1, -0.05) is 13.3 Å². The van der Waals surface area contributed by atoms with Crippen LogP contribution in [-0.2, 0) is 4.74 Å². The molecule has 2 N–H and O–H groups in total. The Morgan fingerprint density at radius 1 is 1.14 bits per heavy atom. The maximum Gasteiger partial charge on any atom is 0.227 e. The maximum atomic E-state index is 15.5. The van der Waals surface area contributed by atoms with Gasteiger partial charge < -0.3 is 20.3 Å². The number of hydrogen-bond acceptors (Lipinski definition) is 8. The van der Waals surface area contributed by atoms with E-state index in [1.165, 1.54) is 6.42 Å². The topological polar surface area (TPSA) is 83.4 Å². The molecule has 42 heavy (non-hydrogen) atoms. The van der Waals surface area contributed by atoms with Crippen molar-refractivity contribution < 1.29 is 9.13 Å². The summed E-state index contributed by atoms with van der Waals surface area (Å²) < 4.78 is 22.9. The minimum atomic E-state index is -0.224. The van der Waals surface area contributed by atoms with Gasteiger partial charge in [-0.2, -0.15) is 5.10 Å². The van der Waals surface area contributed by atoms with Gasteiger partial charge in [-0.3, -0.25) is 9.58 Å². The maximum absolute atomic E-state index is 15.5. The molecule has 0 bridgehead atoms. The van der Waals surface area contributed by atoms with Gasteiger partial charge in [-0.05, 0) is 69.7 Å². The Kier molecular flexibility index (Phi) is 10.4. The molecule has 0 radical (unpaired) electrons. The van der Waals surface area contributed by atoms with Gasteiger partial charge in [-0.25, -0.2) is 14.4 Å². The number of benzene rings is 1. The summed E-state index contributed by atoms with van der Waals surface area (Å²) in [6.45, 7) is 15.9. The van der Waals surface area contributed by atoms with Crippen LogP contribution in [0.1, 0.15) is 58.1 Å². The Morgan fingerprint density at radius 2 is 1.98 bits per heavy atom. The fourth-order valence-electron chi connectivity index (χ4n) is 6.11. The van der Waals surface area contributed by atoms with Crippen LogP contribution in [0.5, 0.6) is 0 Å². The predicted molar refractivity (Wildman–Crippen MR) is 167 cm³/mol. The highest BCUT2D eigenvalue weighted by molar-refractivity contribution is 5.65. The second kappa shape index (κ2) is 14.4. The Hall–Kier alpha value is -3.08. The van der Waals surface area contributed by atoms with E-state index in [4.69, 9.17) is 9.72 Å². The summed E-state index contributed by atoms with van der Waals surface area (Å²) in [5, 5.41) is 11.5. The smallest absolute Gasteiger partial charge is 0.227 e. The number of anilines is 3. The quantitative estimate of drug-likeness (QED) is 0.295. The van der Waals surface area contributed by atoms with Gasteiger partial charge in [0.25, 0.3) is 0 Å². The van der Waals surface area contributed by atoms with Gasteiger partial charge in [0.1, 0.15) is 5.82 Å². The number of nitrogens with one attached hydrogen (secondary N) is 2. The molecule has 9 nitrogen and oxygen atoms in total. The van der Waals surface area contributed by atoms with E-state index in [-0.39, 0.29) is 11.9 Å². The fourth-order valence-corrected chi connectivity index (χ4v) is 6.11. The van der Waals surface area contributed by atoms with E-state index in [0.717, 1.165) is 88.6 Å². The largest absolute Gasteiger partial charge is 0.379 e. The summed E-state index contributed by atoms with van der Waals surface area (Å²) in [5.74, 6) is 0.710. The highest BCUT2D eigenvalue weighted by Crippen LogP contribution is 2.31. The number of piperidine rings is 1. The van der Waals surface area contributed by atoms with E-state index in [0.29, 0.717) is 29.3 Å². The summed E-state index contributed by atoms with van der Waals surface area (Å²) in [6, 6.07) is 6.09. The van der Waals surface area contributed by atoms with E-state index < -0.39 is 0 Å². The molecular formula is C32H47FN8O. The van der Waals surface area contributed by atoms with Gasteiger partial charge in [0.2, 0.25) is 5.95 Å². The Balaban J connectivity index is 1.22. The monoisotopic (exact) mass is 578 g/mol. The van der Waals surface area contributed by atoms with Crippen LogP contribution in [-0.4, -0.2) is 83.2 Å². The number of aromatic nitrogens is 4. The number of rotatable bonds is 12. The van der Waals surface area contributed by atoms with E-state index in [9.17, 15) is 0 Å². The number of ether oxygens (including phenoxy) is 1. The number of aryl methyl sites for hydroxylation is 1. The van der Waals surface area contributed by atoms with Crippen LogP contribution in [0.4, 0.5) is 21.7 Å². The van der Waals surface area contributed by atoms with Crippen LogP contribution in [0.25, 0.3) is 11.3 Å². The SMILES string of the molecule is CCCC(NCCN1CCOCC1)[C@@H]1CCCN(c2ccc(Nc3ncc(C)c(-c4cnn(C(C)C)c4)n3)cc2F)C1. The van der Waals surface area contributed by atoms with Crippen LogP contribution in [0, 0.1) is 18.7 Å². The van der Waals surface area contributed by atoms with Crippen molar-refractivity contribution in [3.05, 3.63) is 48.2 Å². The molecule has 2 atom stereocenters. The van der Waals surface area contributed by atoms with E-state index in [2.05, 4.69) is 51.3 Å². The highest BCUT2D eigenvalue weighted by atomic mass is 19.1. The molecule has 2 aliphatic rings. The molecule has 0 saturated carbocycles. The van der Waals surface area contributed by atoms with Gasteiger partial charge in [-0.15, -0.1) is 0 Å². The first-order chi connectivity index (χ1) is 20.4. The Labute approximate surface area is 249 Å². The molecular weight excluding hydrogens is 531 g/mol. The first-order valence-electron chi connectivity index (χ1n) is 15.6. The van der Waals surface area contributed by atoms with E-state index >= 15 is 4.39 Å². The highest BCUT2D eigenvalue weighted by Gasteiger charge is 2.28. The number of halogens is 1. The Morgan fingerprint density at radius 3 is 2.71 bits per heavy atom. The van der Waals surface area contributed by atoms with Crippen LogP contribution in [0.3, 0.4) is 0 Å². The lowest BCUT2D eigenvalue weighted by atomic mass is 9.87. The zero-order chi connectivity index (χ0) is 29.5. The Bertz CT molecular complexity index is 1290. The number of morpholine rings is 1. The standard InChI is InChI=1S/C32H47FN8O/c1-5-7-29(34-11-13-39-14-16-42-17-15-39)25-8-6-12-40(21-25)30-10-9-27(18-28(30)33)37-32-35-19-24(4)31(38-32)26-20-36-41(22-26)23(2)3/h9-10,18-20,22-23,25,29,34H,5-8,11-17,21H2,1-4H3,(H,35,37,38)/t25-,29?/m1/s1. The normalized spacial score (nSPS) is 18.9. The van der Waals surface area contributed by atoms with Crippen LogP contribution < -0.4 is 15.5 Å². The molecule has 228 valence electrons. The minimum Gasteiger partial charge on any atom is -0.379 e. The summed E-state index contributed by atoms with van der Waals surface area (Å²) in [7, 11) is 0. The molecule has 2 aromatic heterocycles. The van der Waals surface area contributed by atoms with Crippen molar-refractivity contribution in [2.45, 2.75) is 65.5 Å². The minimum absolute atomic E-state index is 0.224. The number of nitrogens with zero attached hydrogens (tertiary/aromatic N) is 6. The van der Waals surface area contributed by atoms with Crippen molar-refractivity contribution in [3.8, 4) is 11.3 Å². The van der Waals surface area contributed by atoms with Crippen LogP contribution in [0.15, 0.2) is 36.8 Å².